The molecule has 2 aromatic carbocycles. The quantitative estimate of drug-likeness (QED) is 0.546. The molecule has 0 atom stereocenters. The molecule has 1 amide bonds. The summed E-state index contributed by atoms with van der Waals surface area (Å²) in [6, 6.07) is 17.4. The first-order chi connectivity index (χ1) is 13.5. The first kappa shape index (κ1) is 17.7. The van der Waals surface area contributed by atoms with Gasteiger partial charge in [-0.2, -0.15) is 5.10 Å². The number of nitrogens with zero attached hydrogens (tertiary/aromatic N) is 3. The Morgan fingerprint density at radius 1 is 1.11 bits per heavy atom. The van der Waals surface area contributed by atoms with Gasteiger partial charge in [0, 0.05) is 23.0 Å². The molecule has 6 heteroatoms. The van der Waals surface area contributed by atoms with Crippen molar-refractivity contribution in [3.05, 3.63) is 78.1 Å². The summed E-state index contributed by atoms with van der Waals surface area (Å²) >= 11 is 0. The lowest BCUT2D eigenvalue weighted by molar-refractivity contribution is 0.100. The Morgan fingerprint density at radius 2 is 1.89 bits per heavy atom. The first-order valence-corrected chi connectivity index (χ1v) is 9.13. The van der Waals surface area contributed by atoms with Crippen molar-refractivity contribution in [3.63, 3.8) is 0 Å². The highest BCUT2D eigenvalue weighted by Gasteiger charge is 2.11. The number of fused-ring (bicyclic) bond motifs is 1. The average Bonchev–Trinajstić information content (AvgIpc) is 3.12. The molecule has 0 saturated carbocycles. The molecule has 3 N–H and O–H groups in total. The number of nitrogens with two attached hydrogens (primary N) is 1. The minimum Gasteiger partial charge on any atom is -0.366 e. The zero-order chi connectivity index (χ0) is 19.7. The monoisotopic (exact) mass is 371 g/mol. The van der Waals surface area contributed by atoms with E-state index in [9.17, 15) is 4.79 Å². The van der Waals surface area contributed by atoms with Crippen LogP contribution < -0.4 is 11.1 Å². The molecule has 0 bridgehead atoms. The van der Waals surface area contributed by atoms with Crippen molar-refractivity contribution in [1.82, 2.24) is 14.6 Å². The Balaban J connectivity index is 1.68. The van der Waals surface area contributed by atoms with Gasteiger partial charge in [0.2, 0.25) is 5.91 Å². The van der Waals surface area contributed by atoms with Gasteiger partial charge in [-0.1, -0.05) is 38.1 Å². The number of primary amides is 1. The molecular weight excluding hydrogens is 350 g/mol. The normalized spacial score (nSPS) is 11.1. The molecule has 0 aliphatic carbocycles. The zero-order valence-electron chi connectivity index (χ0n) is 15.8. The fourth-order valence-corrected chi connectivity index (χ4v) is 3.08. The van der Waals surface area contributed by atoms with E-state index in [1.54, 1.807) is 28.9 Å². The van der Waals surface area contributed by atoms with Crippen LogP contribution in [0.3, 0.4) is 0 Å². The highest BCUT2D eigenvalue weighted by molar-refractivity contribution is 5.94. The number of carbonyl (C=O) groups excluding carboxylic acids is 1. The molecule has 6 nitrogen and oxygen atoms in total. The van der Waals surface area contributed by atoms with Crippen molar-refractivity contribution >= 4 is 23.1 Å². The molecule has 0 radical (unpaired) electrons. The van der Waals surface area contributed by atoms with Crippen molar-refractivity contribution in [2.75, 3.05) is 5.32 Å². The van der Waals surface area contributed by atoms with E-state index >= 15 is 0 Å². The van der Waals surface area contributed by atoms with E-state index in [1.807, 2.05) is 18.3 Å². The second-order valence-corrected chi connectivity index (χ2v) is 6.99. The Hall–Kier alpha value is -3.67. The number of aromatic nitrogens is 3. The van der Waals surface area contributed by atoms with Crippen LogP contribution in [0, 0.1) is 0 Å². The second-order valence-electron chi connectivity index (χ2n) is 6.99. The Bertz CT molecular complexity index is 1150. The molecule has 0 spiro atoms. The summed E-state index contributed by atoms with van der Waals surface area (Å²) < 4.78 is 1.71. The number of benzene rings is 2. The van der Waals surface area contributed by atoms with Gasteiger partial charge in [0.1, 0.15) is 5.82 Å². The van der Waals surface area contributed by atoms with Gasteiger partial charge >= 0.3 is 0 Å². The third-order valence-corrected chi connectivity index (χ3v) is 4.68. The maximum absolute atomic E-state index is 11.5. The predicted molar refractivity (Wildman–Crippen MR) is 111 cm³/mol. The van der Waals surface area contributed by atoms with Crippen LogP contribution in [0.4, 0.5) is 11.5 Å². The maximum Gasteiger partial charge on any atom is 0.248 e. The van der Waals surface area contributed by atoms with E-state index in [0.29, 0.717) is 17.1 Å². The molecule has 28 heavy (non-hydrogen) atoms. The van der Waals surface area contributed by atoms with Crippen molar-refractivity contribution < 1.29 is 4.79 Å². The van der Waals surface area contributed by atoms with Crippen LogP contribution >= 0.6 is 0 Å². The number of hydrogen-bond acceptors (Lipinski definition) is 4. The van der Waals surface area contributed by atoms with E-state index in [4.69, 9.17) is 10.7 Å². The van der Waals surface area contributed by atoms with Gasteiger partial charge in [-0.05, 0) is 47.4 Å². The molecule has 0 saturated heterocycles. The topological polar surface area (TPSA) is 85.3 Å². The van der Waals surface area contributed by atoms with E-state index < -0.39 is 5.91 Å². The van der Waals surface area contributed by atoms with Gasteiger partial charge in [-0.25, -0.2) is 9.50 Å². The van der Waals surface area contributed by atoms with Crippen LogP contribution in [0.2, 0.25) is 0 Å². The molecule has 0 unspecified atom stereocenters. The molecule has 0 fully saturated rings. The third-order valence-electron chi connectivity index (χ3n) is 4.68. The van der Waals surface area contributed by atoms with Gasteiger partial charge in [-0.15, -0.1) is 0 Å². The molecule has 0 aliphatic rings. The molecule has 2 heterocycles. The number of hydrogen-bond donors (Lipinski definition) is 2. The van der Waals surface area contributed by atoms with Crippen LogP contribution in [0.5, 0.6) is 0 Å². The van der Waals surface area contributed by atoms with E-state index in [2.05, 4.69) is 48.5 Å². The number of amides is 1. The highest BCUT2D eigenvalue weighted by atomic mass is 16.1. The first-order valence-electron chi connectivity index (χ1n) is 9.13. The minimum absolute atomic E-state index is 0.455. The lowest BCUT2D eigenvalue weighted by Gasteiger charge is -2.09. The standard InChI is InChI=1S/C22H21N5O/c1-14(2)15-6-8-18(9-7-15)25-20-10-11-27-22(26-20)19(13-24-27)16-4-3-5-17(12-16)21(23)28/h3-14H,1-2H3,(H2,23,28)(H,25,26). The molecule has 2 aromatic heterocycles. The summed E-state index contributed by atoms with van der Waals surface area (Å²) in [6.45, 7) is 4.35. The largest absolute Gasteiger partial charge is 0.366 e. The number of anilines is 2. The summed E-state index contributed by atoms with van der Waals surface area (Å²) in [5.74, 6) is 0.755. The van der Waals surface area contributed by atoms with Crippen molar-refractivity contribution in [2.24, 2.45) is 5.73 Å². The summed E-state index contributed by atoms with van der Waals surface area (Å²) in [6.07, 6.45) is 3.60. The molecule has 4 rings (SSSR count). The Kier molecular flexibility index (Phi) is 4.53. The maximum atomic E-state index is 11.5. The molecule has 0 aliphatic heterocycles. The SMILES string of the molecule is CC(C)c1ccc(Nc2ccn3ncc(-c4cccc(C(N)=O)c4)c3n2)cc1. The summed E-state index contributed by atoms with van der Waals surface area (Å²) in [7, 11) is 0. The molecular formula is C22H21N5O. The summed E-state index contributed by atoms with van der Waals surface area (Å²) in [5, 5.41) is 7.69. The average molecular weight is 371 g/mol. The van der Waals surface area contributed by atoms with E-state index in [1.165, 1.54) is 5.56 Å². The minimum atomic E-state index is -0.460. The summed E-state index contributed by atoms with van der Waals surface area (Å²) in [5.41, 5.74) is 10.5. The molecule has 140 valence electrons. The summed E-state index contributed by atoms with van der Waals surface area (Å²) in [4.78, 5) is 16.2. The van der Waals surface area contributed by atoms with Crippen LogP contribution in [0.25, 0.3) is 16.8 Å². The van der Waals surface area contributed by atoms with Crippen molar-refractivity contribution in [3.8, 4) is 11.1 Å². The number of carbonyl (C=O) groups is 1. The smallest absolute Gasteiger partial charge is 0.248 e. The highest BCUT2D eigenvalue weighted by Crippen LogP contribution is 2.26. The van der Waals surface area contributed by atoms with Crippen molar-refractivity contribution in [1.29, 1.82) is 0 Å². The number of rotatable bonds is 5. The van der Waals surface area contributed by atoms with Crippen LogP contribution in [0.1, 0.15) is 35.7 Å². The van der Waals surface area contributed by atoms with E-state index in [0.717, 1.165) is 22.6 Å². The lowest BCUT2D eigenvalue weighted by Crippen LogP contribution is -2.10. The van der Waals surface area contributed by atoms with Gasteiger partial charge < -0.3 is 11.1 Å². The Morgan fingerprint density at radius 3 is 2.61 bits per heavy atom. The van der Waals surface area contributed by atoms with Crippen LogP contribution in [0.15, 0.2) is 67.0 Å². The Labute approximate surface area is 163 Å². The van der Waals surface area contributed by atoms with Gasteiger partial charge in [0.05, 0.1) is 6.20 Å². The predicted octanol–water partition coefficient (Wildman–Crippen LogP) is 4.36. The fourth-order valence-electron chi connectivity index (χ4n) is 3.08. The van der Waals surface area contributed by atoms with Crippen molar-refractivity contribution in [2.45, 2.75) is 19.8 Å². The lowest BCUT2D eigenvalue weighted by atomic mass is 10.0. The van der Waals surface area contributed by atoms with Crippen LogP contribution in [-0.4, -0.2) is 20.5 Å². The van der Waals surface area contributed by atoms with Gasteiger partial charge in [0.15, 0.2) is 5.65 Å². The van der Waals surface area contributed by atoms with Gasteiger partial charge in [-0.3, -0.25) is 4.79 Å². The van der Waals surface area contributed by atoms with Crippen LogP contribution in [-0.2, 0) is 0 Å². The number of nitrogens with one attached hydrogen (secondary N) is 1. The van der Waals surface area contributed by atoms with E-state index in [-0.39, 0.29) is 0 Å². The second kappa shape index (κ2) is 7.15. The zero-order valence-corrected chi connectivity index (χ0v) is 15.8. The molecule has 4 aromatic rings. The third kappa shape index (κ3) is 3.44. The fraction of sp³-hybridized carbons (Fsp3) is 0.136. The van der Waals surface area contributed by atoms with Gasteiger partial charge in [0.25, 0.3) is 0 Å².